The lowest BCUT2D eigenvalue weighted by Gasteiger charge is -2.27. The third-order valence-electron chi connectivity index (χ3n) is 7.15. The minimum atomic E-state index is -0.942. The van der Waals surface area contributed by atoms with Gasteiger partial charge in [-0.05, 0) is 81.7 Å². The summed E-state index contributed by atoms with van der Waals surface area (Å²) in [6.07, 6.45) is 0. The van der Waals surface area contributed by atoms with Crippen LogP contribution in [0.2, 0.25) is 0 Å². The number of para-hydroxylation sites is 1. The fourth-order valence-corrected chi connectivity index (χ4v) is 8.37. The van der Waals surface area contributed by atoms with Crippen LogP contribution in [-0.2, 0) is 0 Å². The molecule has 208 valence electrons. The molecule has 42 heavy (non-hydrogen) atoms. The number of hydrogen-bond acceptors (Lipinski definition) is 3. The van der Waals surface area contributed by atoms with E-state index >= 15 is 0 Å². The van der Waals surface area contributed by atoms with Crippen molar-refractivity contribution >= 4 is 22.7 Å². The van der Waals surface area contributed by atoms with E-state index in [2.05, 4.69) is 127 Å². The molecule has 0 aliphatic carbocycles. The molecule has 0 radical (unpaired) electrons. The molecule has 2 nitrogen and oxygen atoms in total. The molecule has 0 fully saturated rings. The number of hydrogen-bond donors (Lipinski definition) is 1. The second-order valence-electron chi connectivity index (χ2n) is 9.75. The Kier molecular flexibility index (Phi) is 8.64. The van der Waals surface area contributed by atoms with Crippen LogP contribution in [0.15, 0.2) is 176 Å². The Morgan fingerprint density at radius 2 is 0.905 bits per heavy atom. The quantitative estimate of drug-likeness (QED) is 0.171. The number of thiol groups is 1. The third kappa shape index (κ3) is 6.11. The minimum Gasteiger partial charge on any atom is -0.496 e. The molecule has 0 saturated heterocycles. The van der Waals surface area contributed by atoms with Gasteiger partial charge in [0.05, 0.1) is 14.2 Å². The molecule has 4 heteroatoms. The summed E-state index contributed by atoms with van der Waals surface area (Å²) in [7, 11) is 2.56. The van der Waals surface area contributed by atoms with Crippen LogP contribution in [0.3, 0.4) is 0 Å². The molecule has 0 spiro atoms. The molecule has 6 rings (SSSR count). The van der Waals surface area contributed by atoms with Gasteiger partial charge in [0.25, 0.3) is 0 Å². The summed E-state index contributed by atoms with van der Waals surface area (Å²) < 4.78 is 11.9. The van der Waals surface area contributed by atoms with E-state index in [-0.39, 0.29) is 0 Å². The number of ether oxygens (including phenoxy) is 2. The molecule has 0 amide bonds. The molecule has 0 aliphatic heterocycles. The second-order valence-corrected chi connectivity index (χ2v) is 13.0. The lowest BCUT2D eigenvalue weighted by Crippen LogP contribution is -1.96. The normalized spacial score (nSPS) is 12.0. The first-order chi connectivity index (χ1) is 20.7. The average Bonchev–Trinajstić information content (AvgIpc) is 3.07. The van der Waals surface area contributed by atoms with Crippen molar-refractivity contribution < 1.29 is 9.47 Å². The van der Waals surface area contributed by atoms with E-state index < -0.39 is 10.9 Å². The van der Waals surface area contributed by atoms with Crippen molar-refractivity contribution in [2.24, 2.45) is 0 Å². The fraction of sp³-hybridized carbons (Fsp3) is 0.0526. The van der Waals surface area contributed by atoms with Crippen molar-refractivity contribution in [2.75, 3.05) is 14.2 Å². The molecule has 6 aromatic rings. The summed E-state index contributed by atoms with van der Waals surface area (Å²) in [6, 6.07) is 53.5. The SMILES string of the molecule is COc1ccccc1[SH](c1ccc(-c2ccccc2)cc1)c1ccc(Sc2ccc(-c3ccccc3)cc2)cc1OC. The predicted octanol–water partition coefficient (Wildman–Crippen LogP) is 10.7. The highest BCUT2D eigenvalue weighted by Crippen LogP contribution is 2.58. The van der Waals surface area contributed by atoms with Crippen molar-refractivity contribution in [2.45, 2.75) is 24.5 Å². The van der Waals surface area contributed by atoms with Gasteiger partial charge in [-0.2, -0.15) is 10.9 Å². The Morgan fingerprint density at radius 3 is 1.50 bits per heavy atom. The molecule has 0 aliphatic rings. The third-order valence-corrected chi connectivity index (χ3v) is 10.7. The smallest absolute Gasteiger partial charge is 0.132 e. The number of methoxy groups -OCH3 is 2. The van der Waals surface area contributed by atoms with Crippen LogP contribution in [0, 0.1) is 0 Å². The average molecular weight is 585 g/mol. The number of rotatable bonds is 9. The zero-order valence-corrected chi connectivity index (χ0v) is 25.3. The highest BCUT2D eigenvalue weighted by atomic mass is 32.2. The summed E-state index contributed by atoms with van der Waals surface area (Å²) in [6.45, 7) is 0. The Bertz CT molecular complexity index is 1750. The molecular weight excluding hydrogens is 553 g/mol. The van der Waals surface area contributed by atoms with E-state index in [1.807, 2.05) is 24.3 Å². The van der Waals surface area contributed by atoms with E-state index in [9.17, 15) is 0 Å². The van der Waals surface area contributed by atoms with Gasteiger partial charge in [-0.1, -0.05) is 109 Å². The first kappa shape index (κ1) is 27.8. The van der Waals surface area contributed by atoms with Gasteiger partial charge in [0.15, 0.2) is 0 Å². The maximum atomic E-state index is 6.05. The van der Waals surface area contributed by atoms with Gasteiger partial charge in [0, 0.05) is 19.6 Å². The van der Waals surface area contributed by atoms with Crippen LogP contribution in [0.1, 0.15) is 0 Å². The summed E-state index contributed by atoms with van der Waals surface area (Å²) in [4.78, 5) is 5.89. The maximum absolute atomic E-state index is 6.05. The minimum absolute atomic E-state index is 0.880. The Balaban J connectivity index is 1.34. The monoisotopic (exact) mass is 584 g/mol. The van der Waals surface area contributed by atoms with Gasteiger partial charge in [-0.3, -0.25) is 0 Å². The summed E-state index contributed by atoms with van der Waals surface area (Å²) in [5, 5.41) is 0. The largest absolute Gasteiger partial charge is 0.496 e. The standard InChI is InChI=1S/C38H32O2S2/c1-39-35-15-9-10-16-37(35)42(34-24-19-31(20-25-34)29-13-7-4-8-14-29)38-26-23-33(27-36(38)40-2)41-32-21-17-30(18-22-32)28-11-5-3-6-12-28/h3-27,42H,1-2H3. The zero-order chi connectivity index (χ0) is 28.7. The molecule has 0 N–H and O–H groups in total. The Morgan fingerprint density at radius 1 is 0.429 bits per heavy atom. The van der Waals surface area contributed by atoms with E-state index in [0.29, 0.717) is 0 Å². The van der Waals surface area contributed by atoms with Crippen molar-refractivity contribution in [3.8, 4) is 33.8 Å². The maximum Gasteiger partial charge on any atom is 0.132 e. The molecular formula is C38H32O2S2. The van der Waals surface area contributed by atoms with E-state index in [1.165, 1.54) is 32.0 Å². The summed E-state index contributed by atoms with van der Waals surface area (Å²) in [5.74, 6) is 1.76. The summed E-state index contributed by atoms with van der Waals surface area (Å²) in [5.41, 5.74) is 4.85. The van der Waals surface area contributed by atoms with Gasteiger partial charge >= 0.3 is 0 Å². The fourth-order valence-electron chi connectivity index (χ4n) is 5.04. The molecule has 1 atom stereocenters. The van der Waals surface area contributed by atoms with Crippen LogP contribution >= 0.6 is 22.7 Å². The van der Waals surface area contributed by atoms with Crippen LogP contribution < -0.4 is 9.47 Å². The second kappa shape index (κ2) is 13.1. The predicted molar refractivity (Wildman–Crippen MR) is 178 cm³/mol. The highest BCUT2D eigenvalue weighted by Gasteiger charge is 2.21. The van der Waals surface area contributed by atoms with E-state index in [0.717, 1.165) is 26.2 Å². The molecule has 0 bridgehead atoms. The van der Waals surface area contributed by atoms with Gasteiger partial charge in [-0.15, -0.1) is 0 Å². The zero-order valence-electron chi connectivity index (χ0n) is 23.6. The number of benzene rings is 6. The highest BCUT2D eigenvalue weighted by molar-refractivity contribution is 8.17. The van der Waals surface area contributed by atoms with Gasteiger partial charge in [-0.25, -0.2) is 0 Å². The van der Waals surface area contributed by atoms with E-state index in [4.69, 9.17) is 9.47 Å². The topological polar surface area (TPSA) is 18.5 Å². The molecule has 6 aromatic carbocycles. The van der Waals surface area contributed by atoms with Crippen molar-refractivity contribution in [1.29, 1.82) is 0 Å². The van der Waals surface area contributed by atoms with Gasteiger partial charge in [0.1, 0.15) is 11.5 Å². The Labute approximate surface area is 255 Å². The molecule has 0 aromatic heterocycles. The first-order valence-corrected chi connectivity index (χ1v) is 16.0. The van der Waals surface area contributed by atoms with E-state index in [1.54, 1.807) is 26.0 Å². The summed E-state index contributed by atoms with van der Waals surface area (Å²) >= 11 is 1.74. The van der Waals surface area contributed by atoms with Crippen LogP contribution in [0.4, 0.5) is 0 Å². The van der Waals surface area contributed by atoms with Crippen molar-refractivity contribution in [3.63, 3.8) is 0 Å². The molecule has 0 saturated carbocycles. The molecule has 0 heterocycles. The van der Waals surface area contributed by atoms with Crippen molar-refractivity contribution in [3.05, 3.63) is 152 Å². The van der Waals surface area contributed by atoms with Crippen LogP contribution in [-0.4, -0.2) is 14.2 Å². The van der Waals surface area contributed by atoms with Crippen LogP contribution in [0.25, 0.3) is 22.3 Å². The van der Waals surface area contributed by atoms with Gasteiger partial charge in [0.2, 0.25) is 0 Å². The molecule has 1 unspecified atom stereocenters. The van der Waals surface area contributed by atoms with Crippen molar-refractivity contribution in [1.82, 2.24) is 0 Å². The lowest BCUT2D eigenvalue weighted by molar-refractivity contribution is 0.401. The Hall–Kier alpha value is -4.38. The first-order valence-electron chi connectivity index (χ1n) is 13.8. The van der Waals surface area contributed by atoms with Crippen LogP contribution in [0.5, 0.6) is 11.5 Å². The lowest BCUT2D eigenvalue weighted by atomic mass is 10.1. The van der Waals surface area contributed by atoms with Gasteiger partial charge < -0.3 is 9.47 Å².